The van der Waals surface area contributed by atoms with Crippen LogP contribution in [0.2, 0.25) is 10.0 Å². The van der Waals surface area contributed by atoms with Crippen molar-refractivity contribution in [3.63, 3.8) is 0 Å². The summed E-state index contributed by atoms with van der Waals surface area (Å²) in [5.41, 5.74) is 4.61. The quantitative estimate of drug-likeness (QED) is 0.644. The summed E-state index contributed by atoms with van der Waals surface area (Å²) in [6.07, 6.45) is 1.64. The van der Waals surface area contributed by atoms with E-state index < -0.39 is 0 Å². The van der Waals surface area contributed by atoms with Gasteiger partial charge in [-0.15, -0.1) is 0 Å². The highest BCUT2D eigenvalue weighted by atomic mass is 35.5. The van der Waals surface area contributed by atoms with Crippen LogP contribution >= 0.6 is 23.2 Å². The van der Waals surface area contributed by atoms with Crippen molar-refractivity contribution in [2.75, 3.05) is 5.43 Å². The molecule has 0 aliphatic carbocycles. The van der Waals surface area contributed by atoms with E-state index in [0.717, 1.165) is 11.3 Å². The summed E-state index contributed by atoms with van der Waals surface area (Å²) in [4.78, 5) is 0. The first-order valence-corrected chi connectivity index (χ1v) is 5.81. The van der Waals surface area contributed by atoms with E-state index in [1.807, 2.05) is 42.5 Å². The first kappa shape index (κ1) is 12.0. The van der Waals surface area contributed by atoms with Crippen molar-refractivity contribution >= 4 is 35.1 Å². The maximum absolute atomic E-state index is 6.02. The van der Waals surface area contributed by atoms with Gasteiger partial charge >= 0.3 is 0 Å². The van der Waals surface area contributed by atoms with E-state index >= 15 is 0 Å². The van der Waals surface area contributed by atoms with Crippen LogP contribution in [0.1, 0.15) is 5.56 Å². The van der Waals surface area contributed by atoms with Crippen LogP contribution < -0.4 is 5.43 Å². The van der Waals surface area contributed by atoms with Gasteiger partial charge in [-0.3, -0.25) is 5.43 Å². The van der Waals surface area contributed by atoms with Crippen molar-refractivity contribution in [1.29, 1.82) is 0 Å². The second-order valence-electron chi connectivity index (χ2n) is 3.38. The standard InChI is InChI=1S/C13H10Cl2N2/c14-12-8-4-5-10(13(12)15)9-16-17-11-6-2-1-3-7-11/h1-9,17H/b16-9+. The van der Waals surface area contributed by atoms with E-state index in [-0.39, 0.29) is 0 Å². The predicted octanol–water partition coefficient (Wildman–Crippen LogP) is 4.44. The summed E-state index contributed by atoms with van der Waals surface area (Å²) < 4.78 is 0. The number of hydrogen-bond donors (Lipinski definition) is 1. The van der Waals surface area contributed by atoms with E-state index in [1.165, 1.54) is 0 Å². The molecule has 2 aromatic rings. The Bertz CT molecular complexity index is 524. The molecule has 1 N–H and O–H groups in total. The molecule has 0 aromatic heterocycles. The van der Waals surface area contributed by atoms with Crippen LogP contribution in [-0.2, 0) is 0 Å². The maximum atomic E-state index is 6.02. The van der Waals surface area contributed by atoms with Crippen molar-refractivity contribution in [3.05, 3.63) is 64.1 Å². The molecular formula is C13H10Cl2N2. The number of rotatable bonds is 3. The second kappa shape index (κ2) is 5.71. The Kier molecular flexibility index (Phi) is 4.02. The molecule has 0 heterocycles. The Labute approximate surface area is 110 Å². The predicted molar refractivity (Wildman–Crippen MR) is 74.1 cm³/mol. The van der Waals surface area contributed by atoms with Gasteiger partial charge in [-0.25, -0.2) is 0 Å². The molecule has 0 atom stereocenters. The SMILES string of the molecule is Clc1cccc(/C=N/Nc2ccccc2)c1Cl. The number of hydrogen-bond acceptors (Lipinski definition) is 2. The number of halogens is 2. The lowest BCUT2D eigenvalue weighted by Gasteiger charge is -2.01. The smallest absolute Gasteiger partial charge is 0.0680 e. The molecule has 2 aromatic carbocycles. The molecule has 0 saturated heterocycles. The largest absolute Gasteiger partial charge is 0.279 e. The molecule has 2 rings (SSSR count). The van der Waals surface area contributed by atoms with Gasteiger partial charge in [-0.1, -0.05) is 53.5 Å². The highest BCUT2D eigenvalue weighted by Gasteiger charge is 2.00. The summed E-state index contributed by atoms with van der Waals surface area (Å²) in [6.45, 7) is 0. The van der Waals surface area contributed by atoms with Crippen molar-refractivity contribution in [2.24, 2.45) is 5.10 Å². The summed E-state index contributed by atoms with van der Waals surface area (Å²) in [6, 6.07) is 15.1. The first-order chi connectivity index (χ1) is 8.27. The average molecular weight is 265 g/mol. The minimum absolute atomic E-state index is 0.507. The fraction of sp³-hybridized carbons (Fsp3) is 0. The highest BCUT2D eigenvalue weighted by Crippen LogP contribution is 2.24. The Morgan fingerprint density at radius 1 is 0.941 bits per heavy atom. The van der Waals surface area contributed by atoms with Crippen molar-refractivity contribution in [1.82, 2.24) is 0 Å². The van der Waals surface area contributed by atoms with Crippen molar-refractivity contribution in [2.45, 2.75) is 0 Å². The minimum atomic E-state index is 0.507. The molecule has 0 fully saturated rings. The average Bonchev–Trinajstić information content (AvgIpc) is 2.36. The van der Waals surface area contributed by atoms with Crippen LogP contribution in [0, 0.1) is 0 Å². The molecule has 0 bridgehead atoms. The third-order valence-corrected chi connectivity index (χ3v) is 2.99. The summed E-state index contributed by atoms with van der Waals surface area (Å²) in [5, 5.41) is 5.13. The lowest BCUT2D eigenvalue weighted by Crippen LogP contribution is -1.90. The molecule has 0 aliphatic heterocycles. The van der Waals surface area contributed by atoms with Gasteiger partial charge in [0.25, 0.3) is 0 Å². The van der Waals surface area contributed by atoms with Crippen LogP contribution in [0.3, 0.4) is 0 Å². The Hall–Kier alpha value is -1.51. The van der Waals surface area contributed by atoms with Crippen LogP contribution in [0.25, 0.3) is 0 Å². The zero-order valence-corrected chi connectivity index (χ0v) is 10.4. The lowest BCUT2D eigenvalue weighted by atomic mass is 10.2. The number of hydrazone groups is 1. The van der Waals surface area contributed by atoms with E-state index in [4.69, 9.17) is 23.2 Å². The summed E-state index contributed by atoms with van der Waals surface area (Å²) in [5.74, 6) is 0. The van der Waals surface area contributed by atoms with Gasteiger partial charge in [0, 0.05) is 5.56 Å². The van der Waals surface area contributed by atoms with E-state index in [1.54, 1.807) is 12.3 Å². The van der Waals surface area contributed by atoms with Crippen LogP contribution in [0.4, 0.5) is 5.69 Å². The number of benzene rings is 2. The van der Waals surface area contributed by atoms with Crippen molar-refractivity contribution < 1.29 is 0 Å². The number of para-hydroxylation sites is 1. The third-order valence-electron chi connectivity index (χ3n) is 2.15. The van der Waals surface area contributed by atoms with Gasteiger partial charge in [0.15, 0.2) is 0 Å². The normalized spacial score (nSPS) is 10.7. The molecule has 4 heteroatoms. The van der Waals surface area contributed by atoms with Gasteiger partial charge in [0.05, 0.1) is 21.9 Å². The van der Waals surface area contributed by atoms with Gasteiger partial charge in [0.2, 0.25) is 0 Å². The maximum Gasteiger partial charge on any atom is 0.0680 e. The fourth-order valence-corrected chi connectivity index (χ4v) is 1.67. The van der Waals surface area contributed by atoms with Gasteiger partial charge in [-0.05, 0) is 18.2 Å². The second-order valence-corrected chi connectivity index (χ2v) is 4.16. The zero-order valence-electron chi connectivity index (χ0n) is 8.90. The van der Waals surface area contributed by atoms with Gasteiger partial charge in [0.1, 0.15) is 0 Å². The van der Waals surface area contributed by atoms with Crippen LogP contribution in [-0.4, -0.2) is 6.21 Å². The first-order valence-electron chi connectivity index (χ1n) is 5.05. The monoisotopic (exact) mass is 264 g/mol. The Morgan fingerprint density at radius 3 is 2.47 bits per heavy atom. The molecule has 0 unspecified atom stereocenters. The van der Waals surface area contributed by atoms with Crippen LogP contribution in [0.15, 0.2) is 53.6 Å². The van der Waals surface area contributed by atoms with Crippen LogP contribution in [0.5, 0.6) is 0 Å². The molecule has 0 amide bonds. The highest BCUT2D eigenvalue weighted by molar-refractivity contribution is 6.43. The van der Waals surface area contributed by atoms with Gasteiger partial charge in [-0.2, -0.15) is 5.10 Å². The number of nitrogens with zero attached hydrogens (tertiary/aromatic N) is 1. The minimum Gasteiger partial charge on any atom is -0.279 e. The molecule has 0 saturated carbocycles. The Morgan fingerprint density at radius 2 is 1.71 bits per heavy atom. The van der Waals surface area contributed by atoms with E-state index in [2.05, 4.69) is 10.5 Å². The molecule has 2 nitrogen and oxygen atoms in total. The van der Waals surface area contributed by atoms with E-state index in [9.17, 15) is 0 Å². The molecule has 86 valence electrons. The lowest BCUT2D eigenvalue weighted by molar-refractivity contribution is 1.35. The molecule has 0 aliphatic rings. The summed E-state index contributed by atoms with van der Waals surface area (Å²) in [7, 11) is 0. The Balaban J connectivity index is 2.09. The molecular weight excluding hydrogens is 255 g/mol. The molecule has 0 radical (unpaired) electrons. The summed E-state index contributed by atoms with van der Waals surface area (Å²) >= 11 is 11.9. The third kappa shape index (κ3) is 3.22. The zero-order chi connectivity index (χ0) is 12.1. The number of anilines is 1. The topological polar surface area (TPSA) is 24.4 Å². The number of nitrogens with one attached hydrogen (secondary N) is 1. The molecule has 0 spiro atoms. The fourth-order valence-electron chi connectivity index (χ4n) is 1.31. The van der Waals surface area contributed by atoms with Crippen molar-refractivity contribution in [3.8, 4) is 0 Å². The molecule has 17 heavy (non-hydrogen) atoms. The van der Waals surface area contributed by atoms with E-state index in [0.29, 0.717) is 10.0 Å². The van der Waals surface area contributed by atoms with Gasteiger partial charge < -0.3 is 0 Å².